The van der Waals surface area contributed by atoms with Crippen molar-refractivity contribution in [2.24, 2.45) is 0 Å². The molecule has 17 heavy (non-hydrogen) atoms. The van der Waals surface area contributed by atoms with Gasteiger partial charge in [0.25, 0.3) is 5.91 Å². The van der Waals surface area contributed by atoms with Crippen LogP contribution in [0.3, 0.4) is 0 Å². The lowest BCUT2D eigenvalue weighted by Gasteiger charge is -2.02. The summed E-state index contributed by atoms with van der Waals surface area (Å²) in [6.07, 6.45) is 1.62. The number of hydrogen-bond donors (Lipinski definition) is 2. The van der Waals surface area contributed by atoms with E-state index in [0.29, 0.717) is 11.5 Å². The fourth-order valence-corrected chi connectivity index (χ4v) is 1.21. The second-order valence-electron chi connectivity index (χ2n) is 3.28. The molecule has 0 fully saturated rings. The Labute approximate surface area is 96.2 Å². The number of nitrogens with two attached hydrogens (primary N) is 1. The fourth-order valence-electron chi connectivity index (χ4n) is 1.21. The Balaban J connectivity index is 1.99. The zero-order chi connectivity index (χ0) is 12.3. The lowest BCUT2D eigenvalue weighted by molar-refractivity contribution is 0.0941. The van der Waals surface area contributed by atoms with Crippen molar-refractivity contribution in [1.82, 2.24) is 25.6 Å². The first kappa shape index (κ1) is 11.0. The lowest BCUT2D eigenvalue weighted by Crippen LogP contribution is -2.24. The fraction of sp³-hybridized carbons (Fsp3) is 0.222. The van der Waals surface area contributed by atoms with Gasteiger partial charge < -0.3 is 11.1 Å². The highest BCUT2D eigenvalue weighted by Gasteiger charge is 2.15. The molecule has 2 aromatic heterocycles. The van der Waals surface area contributed by atoms with Gasteiger partial charge in [-0.05, 0) is 23.3 Å². The van der Waals surface area contributed by atoms with Gasteiger partial charge in [0.15, 0.2) is 0 Å². The number of nitrogen functional groups attached to an aromatic ring is 1. The maximum atomic E-state index is 11.6. The standard InChI is InChI=1S/C9H10N6O2/c1-5-11-3-2-6(13-5)4-12-9(16)7-8(10)15-17-14-7/h2-3H,4H2,1H3,(H2,10,15)(H,12,16). The Morgan fingerprint density at radius 1 is 1.53 bits per heavy atom. The van der Waals surface area contributed by atoms with Gasteiger partial charge in [-0.1, -0.05) is 0 Å². The number of hydrogen-bond acceptors (Lipinski definition) is 7. The summed E-state index contributed by atoms with van der Waals surface area (Å²) in [5, 5.41) is 9.30. The summed E-state index contributed by atoms with van der Waals surface area (Å²) in [6.45, 7) is 2.03. The first-order valence-electron chi connectivity index (χ1n) is 4.81. The van der Waals surface area contributed by atoms with Crippen molar-refractivity contribution in [2.45, 2.75) is 13.5 Å². The maximum Gasteiger partial charge on any atom is 0.277 e. The van der Waals surface area contributed by atoms with E-state index in [1.807, 2.05) is 0 Å². The first-order valence-corrected chi connectivity index (χ1v) is 4.81. The summed E-state index contributed by atoms with van der Waals surface area (Å²) < 4.78 is 4.33. The Hall–Kier alpha value is -2.51. The van der Waals surface area contributed by atoms with Gasteiger partial charge in [-0.25, -0.2) is 14.6 Å². The zero-order valence-electron chi connectivity index (χ0n) is 9.04. The molecule has 8 heteroatoms. The van der Waals surface area contributed by atoms with Gasteiger partial charge in [0.1, 0.15) is 5.82 Å². The SMILES string of the molecule is Cc1nccc(CNC(=O)c2nonc2N)n1. The molecule has 0 aromatic carbocycles. The molecule has 2 aromatic rings. The van der Waals surface area contributed by atoms with Crippen LogP contribution in [0.1, 0.15) is 22.0 Å². The van der Waals surface area contributed by atoms with Crippen molar-refractivity contribution in [3.63, 3.8) is 0 Å². The van der Waals surface area contributed by atoms with E-state index in [2.05, 4.69) is 30.2 Å². The number of rotatable bonds is 3. The van der Waals surface area contributed by atoms with Gasteiger partial charge in [-0.15, -0.1) is 0 Å². The van der Waals surface area contributed by atoms with Gasteiger partial charge in [0.2, 0.25) is 11.5 Å². The molecule has 0 saturated carbocycles. The molecule has 3 N–H and O–H groups in total. The molecule has 1 amide bonds. The van der Waals surface area contributed by atoms with E-state index in [-0.39, 0.29) is 18.1 Å². The molecular weight excluding hydrogens is 224 g/mol. The summed E-state index contributed by atoms with van der Waals surface area (Å²) in [7, 11) is 0. The van der Waals surface area contributed by atoms with Crippen molar-refractivity contribution in [2.75, 3.05) is 5.73 Å². The van der Waals surface area contributed by atoms with E-state index in [1.54, 1.807) is 19.2 Å². The Kier molecular flexibility index (Phi) is 2.95. The Morgan fingerprint density at radius 2 is 2.35 bits per heavy atom. The highest BCUT2D eigenvalue weighted by atomic mass is 16.6. The van der Waals surface area contributed by atoms with E-state index in [1.165, 1.54) is 0 Å². The third kappa shape index (κ3) is 2.54. The third-order valence-corrected chi connectivity index (χ3v) is 1.99. The van der Waals surface area contributed by atoms with Crippen LogP contribution in [0, 0.1) is 6.92 Å². The monoisotopic (exact) mass is 234 g/mol. The molecule has 2 heterocycles. The maximum absolute atomic E-state index is 11.6. The molecule has 8 nitrogen and oxygen atoms in total. The average Bonchev–Trinajstić information content (AvgIpc) is 2.72. The van der Waals surface area contributed by atoms with Crippen LogP contribution < -0.4 is 11.1 Å². The van der Waals surface area contributed by atoms with Crippen molar-refractivity contribution in [1.29, 1.82) is 0 Å². The van der Waals surface area contributed by atoms with Crippen molar-refractivity contribution < 1.29 is 9.42 Å². The first-order chi connectivity index (χ1) is 8.16. The Bertz CT molecular complexity index is 538. The minimum atomic E-state index is -0.458. The molecule has 0 saturated heterocycles. The number of carbonyl (C=O) groups is 1. The smallest absolute Gasteiger partial charge is 0.277 e. The van der Waals surface area contributed by atoms with Gasteiger partial charge in [0.05, 0.1) is 12.2 Å². The summed E-state index contributed by atoms with van der Waals surface area (Å²) in [4.78, 5) is 19.7. The number of nitrogens with one attached hydrogen (secondary N) is 1. The molecule has 88 valence electrons. The molecule has 2 rings (SSSR count). The normalized spacial score (nSPS) is 10.2. The van der Waals surface area contributed by atoms with Crippen LogP contribution in [0.15, 0.2) is 16.9 Å². The van der Waals surface area contributed by atoms with E-state index in [0.717, 1.165) is 0 Å². The van der Waals surface area contributed by atoms with Crippen LogP contribution in [-0.4, -0.2) is 26.2 Å². The van der Waals surface area contributed by atoms with E-state index < -0.39 is 5.91 Å². The van der Waals surface area contributed by atoms with Crippen LogP contribution in [0.4, 0.5) is 5.82 Å². The number of nitrogens with zero attached hydrogens (tertiary/aromatic N) is 4. The predicted octanol–water partition coefficient (Wildman–Crippen LogP) is -0.320. The molecule has 0 bridgehead atoms. The van der Waals surface area contributed by atoms with E-state index >= 15 is 0 Å². The minimum Gasteiger partial charge on any atom is -0.379 e. The second-order valence-corrected chi connectivity index (χ2v) is 3.28. The highest BCUT2D eigenvalue weighted by Crippen LogP contribution is 2.03. The average molecular weight is 234 g/mol. The van der Waals surface area contributed by atoms with Crippen molar-refractivity contribution in [3.8, 4) is 0 Å². The van der Waals surface area contributed by atoms with Gasteiger partial charge in [0, 0.05) is 6.20 Å². The molecule has 0 aliphatic carbocycles. The van der Waals surface area contributed by atoms with E-state index in [4.69, 9.17) is 5.73 Å². The number of anilines is 1. The van der Waals surface area contributed by atoms with Gasteiger partial charge >= 0.3 is 0 Å². The van der Waals surface area contributed by atoms with Crippen LogP contribution in [0.2, 0.25) is 0 Å². The summed E-state index contributed by atoms with van der Waals surface area (Å²) in [5.74, 6) is 0.140. The van der Waals surface area contributed by atoms with E-state index in [9.17, 15) is 4.79 Å². The molecule has 0 unspecified atom stereocenters. The van der Waals surface area contributed by atoms with Crippen LogP contribution >= 0.6 is 0 Å². The van der Waals surface area contributed by atoms with Crippen LogP contribution in [0.25, 0.3) is 0 Å². The van der Waals surface area contributed by atoms with Crippen LogP contribution in [-0.2, 0) is 6.54 Å². The number of amides is 1. The number of aromatic nitrogens is 4. The lowest BCUT2D eigenvalue weighted by atomic mass is 10.3. The number of aryl methyl sites for hydroxylation is 1. The minimum absolute atomic E-state index is 0.0317. The van der Waals surface area contributed by atoms with Crippen molar-refractivity contribution >= 4 is 11.7 Å². The molecular formula is C9H10N6O2. The predicted molar refractivity (Wildman–Crippen MR) is 56.6 cm³/mol. The second kappa shape index (κ2) is 4.56. The quantitative estimate of drug-likeness (QED) is 0.746. The van der Waals surface area contributed by atoms with Crippen LogP contribution in [0.5, 0.6) is 0 Å². The molecule has 0 spiro atoms. The topological polar surface area (TPSA) is 120 Å². The number of carbonyl (C=O) groups excluding carboxylic acids is 1. The van der Waals surface area contributed by atoms with Crippen molar-refractivity contribution in [3.05, 3.63) is 29.5 Å². The zero-order valence-corrected chi connectivity index (χ0v) is 9.04. The molecule has 0 aliphatic heterocycles. The molecule has 0 aliphatic rings. The van der Waals surface area contributed by atoms with Gasteiger partial charge in [-0.2, -0.15) is 0 Å². The summed E-state index contributed by atoms with van der Waals surface area (Å²) in [6, 6.07) is 1.71. The molecule has 0 atom stereocenters. The summed E-state index contributed by atoms with van der Waals surface area (Å²) >= 11 is 0. The highest BCUT2D eigenvalue weighted by molar-refractivity contribution is 5.95. The third-order valence-electron chi connectivity index (χ3n) is 1.99. The van der Waals surface area contributed by atoms with Gasteiger partial charge in [-0.3, -0.25) is 4.79 Å². The largest absolute Gasteiger partial charge is 0.379 e. The summed E-state index contributed by atoms with van der Waals surface area (Å²) in [5.41, 5.74) is 6.04. The molecule has 0 radical (unpaired) electrons. The Morgan fingerprint density at radius 3 is 3.00 bits per heavy atom.